The Morgan fingerprint density at radius 1 is 1.38 bits per heavy atom. The first kappa shape index (κ1) is 9.77. The topological polar surface area (TPSA) is 47.0 Å². The fraction of sp³-hybridized carbons (Fsp3) is 0.556. The van der Waals surface area contributed by atoms with E-state index < -0.39 is 0 Å². The summed E-state index contributed by atoms with van der Waals surface area (Å²) in [7, 11) is 0. The Kier molecular flexibility index (Phi) is 3.49. The molecule has 1 heterocycles. The standard InChI is InChI=1S/C9H15N3O/c1-4-13-9-6-5-8(11-12-9)10-7(2)3/h5-7H,4H2,1-3H3,(H,10,11). The minimum Gasteiger partial charge on any atom is -0.477 e. The molecular weight excluding hydrogens is 166 g/mol. The summed E-state index contributed by atoms with van der Waals surface area (Å²) >= 11 is 0. The highest BCUT2D eigenvalue weighted by Crippen LogP contribution is 2.08. The first-order valence-corrected chi connectivity index (χ1v) is 4.45. The summed E-state index contributed by atoms with van der Waals surface area (Å²) in [6.45, 7) is 6.64. The van der Waals surface area contributed by atoms with Crippen LogP contribution in [0.25, 0.3) is 0 Å². The van der Waals surface area contributed by atoms with Crippen molar-refractivity contribution in [3.05, 3.63) is 12.1 Å². The van der Waals surface area contributed by atoms with Gasteiger partial charge in [0, 0.05) is 12.1 Å². The average molecular weight is 181 g/mol. The van der Waals surface area contributed by atoms with Gasteiger partial charge in [-0.2, -0.15) is 0 Å². The van der Waals surface area contributed by atoms with E-state index in [1.165, 1.54) is 0 Å². The van der Waals surface area contributed by atoms with E-state index in [0.29, 0.717) is 18.5 Å². The molecule has 1 aromatic heterocycles. The van der Waals surface area contributed by atoms with Crippen LogP contribution in [0.2, 0.25) is 0 Å². The molecule has 0 aliphatic heterocycles. The normalized spacial score (nSPS) is 10.2. The minimum atomic E-state index is 0.368. The summed E-state index contributed by atoms with van der Waals surface area (Å²) in [6.07, 6.45) is 0. The van der Waals surface area contributed by atoms with Crippen LogP contribution in [0.5, 0.6) is 5.88 Å². The summed E-state index contributed by atoms with van der Waals surface area (Å²) in [5.41, 5.74) is 0. The highest BCUT2D eigenvalue weighted by molar-refractivity contribution is 5.34. The summed E-state index contributed by atoms with van der Waals surface area (Å²) < 4.78 is 5.16. The van der Waals surface area contributed by atoms with Gasteiger partial charge in [-0.25, -0.2) is 0 Å². The maximum Gasteiger partial charge on any atom is 0.233 e. The van der Waals surface area contributed by atoms with E-state index in [9.17, 15) is 0 Å². The van der Waals surface area contributed by atoms with E-state index >= 15 is 0 Å². The van der Waals surface area contributed by atoms with Gasteiger partial charge in [0.15, 0.2) is 0 Å². The number of rotatable bonds is 4. The molecule has 0 saturated heterocycles. The average Bonchev–Trinajstić information content (AvgIpc) is 2.08. The third-order valence-electron chi connectivity index (χ3n) is 1.37. The molecule has 72 valence electrons. The van der Waals surface area contributed by atoms with Crippen LogP contribution in [0.1, 0.15) is 20.8 Å². The van der Waals surface area contributed by atoms with Crippen LogP contribution in [-0.2, 0) is 0 Å². The lowest BCUT2D eigenvalue weighted by atomic mass is 10.4. The first-order valence-electron chi connectivity index (χ1n) is 4.45. The monoisotopic (exact) mass is 181 g/mol. The van der Waals surface area contributed by atoms with Crippen LogP contribution in [0.3, 0.4) is 0 Å². The fourth-order valence-electron chi connectivity index (χ4n) is 0.918. The Hall–Kier alpha value is -1.32. The van der Waals surface area contributed by atoms with E-state index in [1.807, 2.05) is 13.0 Å². The van der Waals surface area contributed by atoms with Crippen molar-refractivity contribution in [2.45, 2.75) is 26.8 Å². The van der Waals surface area contributed by atoms with Crippen molar-refractivity contribution in [2.75, 3.05) is 11.9 Å². The van der Waals surface area contributed by atoms with Gasteiger partial charge < -0.3 is 10.1 Å². The van der Waals surface area contributed by atoms with Crippen LogP contribution in [0.15, 0.2) is 12.1 Å². The van der Waals surface area contributed by atoms with Crippen molar-refractivity contribution >= 4 is 5.82 Å². The molecule has 0 atom stereocenters. The molecule has 0 amide bonds. The highest BCUT2D eigenvalue weighted by Gasteiger charge is 1.98. The zero-order valence-corrected chi connectivity index (χ0v) is 8.24. The van der Waals surface area contributed by atoms with Gasteiger partial charge in [-0.05, 0) is 26.8 Å². The molecule has 0 fully saturated rings. The largest absolute Gasteiger partial charge is 0.477 e. The number of ether oxygens (including phenoxy) is 1. The maximum absolute atomic E-state index is 5.16. The summed E-state index contributed by atoms with van der Waals surface area (Å²) in [5.74, 6) is 1.34. The minimum absolute atomic E-state index is 0.368. The van der Waals surface area contributed by atoms with E-state index in [1.54, 1.807) is 6.07 Å². The van der Waals surface area contributed by atoms with Crippen molar-refractivity contribution in [1.29, 1.82) is 0 Å². The molecule has 0 saturated carbocycles. The maximum atomic E-state index is 5.16. The van der Waals surface area contributed by atoms with Crippen molar-refractivity contribution in [3.8, 4) is 5.88 Å². The third-order valence-corrected chi connectivity index (χ3v) is 1.37. The lowest BCUT2D eigenvalue weighted by molar-refractivity contribution is 0.323. The second kappa shape index (κ2) is 4.64. The van der Waals surface area contributed by atoms with Gasteiger partial charge in [0.25, 0.3) is 0 Å². The van der Waals surface area contributed by atoms with Gasteiger partial charge >= 0.3 is 0 Å². The molecular formula is C9H15N3O. The number of nitrogens with one attached hydrogen (secondary N) is 1. The molecule has 0 unspecified atom stereocenters. The third kappa shape index (κ3) is 3.27. The van der Waals surface area contributed by atoms with E-state index in [4.69, 9.17) is 4.74 Å². The summed E-state index contributed by atoms with van der Waals surface area (Å²) in [5, 5.41) is 11.0. The van der Waals surface area contributed by atoms with E-state index in [0.717, 1.165) is 5.82 Å². The second-order valence-corrected chi connectivity index (χ2v) is 2.99. The highest BCUT2D eigenvalue weighted by atomic mass is 16.5. The number of anilines is 1. The molecule has 1 N–H and O–H groups in total. The van der Waals surface area contributed by atoms with Gasteiger partial charge in [-0.3, -0.25) is 0 Å². The van der Waals surface area contributed by atoms with Crippen molar-refractivity contribution in [3.63, 3.8) is 0 Å². The Labute approximate surface area is 78.3 Å². The quantitative estimate of drug-likeness (QED) is 0.768. The van der Waals surface area contributed by atoms with Gasteiger partial charge in [0.05, 0.1) is 6.61 Å². The molecule has 1 rings (SSSR count). The van der Waals surface area contributed by atoms with Crippen molar-refractivity contribution < 1.29 is 4.74 Å². The van der Waals surface area contributed by atoms with Crippen LogP contribution < -0.4 is 10.1 Å². The Morgan fingerprint density at radius 2 is 2.15 bits per heavy atom. The number of hydrogen-bond donors (Lipinski definition) is 1. The van der Waals surface area contributed by atoms with E-state index in [-0.39, 0.29) is 0 Å². The van der Waals surface area contributed by atoms with Gasteiger partial charge in [-0.1, -0.05) is 0 Å². The first-order chi connectivity index (χ1) is 6.22. The predicted molar refractivity (Wildman–Crippen MR) is 52.0 cm³/mol. The molecule has 4 nitrogen and oxygen atoms in total. The van der Waals surface area contributed by atoms with Crippen molar-refractivity contribution in [1.82, 2.24) is 10.2 Å². The molecule has 0 aliphatic carbocycles. The molecule has 0 aliphatic rings. The molecule has 0 spiro atoms. The second-order valence-electron chi connectivity index (χ2n) is 2.99. The molecule has 0 radical (unpaired) electrons. The molecule has 4 heteroatoms. The molecule has 13 heavy (non-hydrogen) atoms. The predicted octanol–water partition coefficient (Wildman–Crippen LogP) is 1.70. The zero-order valence-electron chi connectivity index (χ0n) is 8.24. The summed E-state index contributed by atoms with van der Waals surface area (Å²) in [6, 6.07) is 4.03. The Balaban J connectivity index is 2.59. The van der Waals surface area contributed by atoms with Crippen LogP contribution in [-0.4, -0.2) is 22.8 Å². The summed E-state index contributed by atoms with van der Waals surface area (Å²) in [4.78, 5) is 0. The molecule has 0 bridgehead atoms. The van der Waals surface area contributed by atoms with E-state index in [2.05, 4.69) is 29.4 Å². The van der Waals surface area contributed by atoms with Crippen LogP contribution >= 0.6 is 0 Å². The lowest BCUT2D eigenvalue weighted by Crippen LogP contribution is -2.11. The smallest absolute Gasteiger partial charge is 0.233 e. The van der Waals surface area contributed by atoms with Crippen LogP contribution in [0, 0.1) is 0 Å². The lowest BCUT2D eigenvalue weighted by Gasteiger charge is -2.08. The van der Waals surface area contributed by atoms with Gasteiger partial charge in [0.2, 0.25) is 5.88 Å². The van der Waals surface area contributed by atoms with Gasteiger partial charge in [0.1, 0.15) is 5.82 Å². The fourth-order valence-corrected chi connectivity index (χ4v) is 0.918. The molecule has 0 aromatic carbocycles. The SMILES string of the molecule is CCOc1ccc(NC(C)C)nn1. The van der Waals surface area contributed by atoms with Crippen molar-refractivity contribution in [2.24, 2.45) is 0 Å². The molecule has 1 aromatic rings. The Morgan fingerprint density at radius 3 is 2.62 bits per heavy atom. The number of hydrogen-bond acceptors (Lipinski definition) is 4. The zero-order chi connectivity index (χ0) is 9.68. The Bertz CT molecular complexity index is 246. The number of aromatic nitrogens is 2. The van der Waals surface area contributed by atoms with Gasteiger partial charge in [-0.15, -0.1) is 10.2 Å². The number of nitrogens with zero attached hydrogens (tertiary/aromatic N) is 2. The van der Waals surface area contributed by atoms with Crippen LogP contribution in [0.4, 0.5) is 5.82 Å².